The molecule has 1 aliphatic carbocycles. The molecule has 11 nitrogen and oxygen atoms in total. The maximum absolute atomic E-state index is 13.4. The van der Waals surface area contributed by atoms with Crippen molar-refractivity contribution < 1.29 is 19.4 Å². The molecule has 5 heterocycles. The van der Waals surface area contributed by atoms with Crippen molar-refractivity contribution in [2.75, 3.05) is 31.5 Å². The molecule has 11 heteroatoms. The number of nitrogens with zero attached hydrogens (tertiary/aromatic N) is 6. The number of aliphatic carboxylic acids is 1. The van der Waals surface area contributed by atoms with E-state index in [9.17, 15) is 14.7 Å². The van der Waals surface area contributed by atoms with Gasteiger partial charge < -0.3 is 20.1 Å². The molecular weight excluding hydrogens is 534 g/mol. The first-order chi connectivity index (χ1) is 20.5. The molecule has 3 aliphatic heterocycles. The van der Waals surface area contributed by atoms with Crippen LogP contribution in [-0.4, -0.2) is 85.8 Å². The molecule has 7 rings (SSSR count). The molecule has 4 aliphatic rings. The number of nitrogens with one attached hydrogen (secondary N) is 1. The van der Waals surface area contributed by atoms with Crippen LogP contribution < -0.4 is 5.32 Å². The number of hydrogen-bond acceptors (Lipinski definition) is 9. The second-order valence-electron chi connectivity index (χ2n) is 11.6. The van der Waals surface area contributed by atoms with Crippen molar-refractivity contribution in [3.63, 3.8) is 0 Å². The Morgan fingerprint density at radius 2 is 1.71 bits per heavy atom. The standard InChI is InChI=1S/C31H33N7O4/c39-29(38-17-22-15-37(16-23(18-38)42-22)14-19-6-2-1-3-7-19)21-10-11-25(32-12-21)35-31-33-13-24-27(36-31)26(20-8-4-5-9-20)28(34-24)30(40)41/h1-3,6-7,10-13,20,22-23,26H,4-5,8-9,14-18H2,(H,40,41)(H,32,33,35,36). The van der Waals surface area contributed by atoms with E-state index in [1.54, 1.807) is 24.5 Å². The van der Waals surface area contributed by atoms with Gasteiger partial charge in [-0.05, 0) is 36.5 Å². The van der Waals surface area contributed by atoms with Gasteiger partial charge in [-0.2, -0.15) is 0 Å². The number of hydrogen-bond donors (Lipinski definition) is 2. The monoisotopic (exact) mass is 567 g/mol. The third-order valence-corrected chi connectivity index (χ3v) is 8.66. The minimum Gasteiger partial charge on any atom is -0.477 e. The third-order valence-electron chi connectivity index (χ3n) is 8.66. The lowest BCUT2D eigenvalue weighted by Crippen LogP contribution is -2.60. The zero-order valence-electron chi connectivity index (χ0n) is 23.2. The molecular formula is C31H33N7O4. The molecule has 2 aromatic heterocycles. The van der Waals surface area contributed by atoms with Crippen LogP contribution in [0.3, 0.4) is 0 Å². The van der Waals surface area contributed by atoms with Crippen molar-refractivity contribution in [1.82, 2.24) is 24.8 Å². The van der Waals surface area contributed by atoms with Crippen molar-refractivity contribution >= 4 is 35.0 Å². The fourth-order valence-corrected chi connectivity index (χ4v) is 6.82. The van der Waals surface area contributed by atoms with Crippen LogP contribution in [0.25, 0.3) is 0 Å². The average Bonchev–Trinajstić information content (AvgIpc) is 3.65. The van der Waals surface area contributed by atoms with E-state index in [4.69, 9.17) is 4.74 Å². The highest BCUT2D eigenvalue weighted by Crippen LogP contribution is 2.45. The summed E-state index contributed by atoms with van der Waals surface area (Å²) in [6, 6.07) is 13.9. The summed E-state index contributed by atoms with van der Waals surface area (Å²) in [5, 5.41) is 12.9. The lowest BCUT2D eigenvalue weighted by molar-refractivity contribution is -0.131. The van der Waals surface area contributed by atoms with Crippen molar-refractivity contribution in [2.24, 2.45) is 10.9 Å². The SMILES string of the molecule is O=C(O)C1=Nc2cnc(Nc3ccc(C(=O)N4CC5CN(Cc6ccccc6)CC(C4)O5)cn3)nc2C1C1CCCC1. The number of benzene rings is 1. The molecule has 3 fully saturated rings. The van der Waals surface area contributed by atoms with E-state index < -0.39 is 5.97 Å². The number of anilines is 2. The quantitative estimate of drug-likeness (QED) is 0.438. The van der Waals surface area contributed by atoms with Crippen LogP contribution in [0.2, 0.25) is 0 Å². The Morgan fingerprint density at radius 1 is 0.952 bits per heavy atom. The summed E-state index contributed by atoms with van der Waals surface area (Å²) < 4.78 is 6.17. The zero-order chi connectivity index (χ0) is 28.6. The average molecular weight is 568 g/mol. The number of carboxylic acid groups (broad SMARTS) is 1. The van der Waals surface area contributed by atoms with Crippen LogP contribution in [0, 0.1) is 5.92 Å². The van der Waals surface area contributed by atoms with Gasteiger partial charge in [-0.3, -0.25) is 9.69 Å². The van der Waals surface area contributed by atoms with Gasteiger partial charge in [0.25, 0.3) is 5.91 Å². The summed E-state index contributed by atoms with van der Waals surface area (Å²) in [6.07, 6.45) is 7.21. The normalized spacial score (nSPS) is 23.9. The van der Waals surface area contributed by atoms with E-state index in [0.29, 0.717) is 41.8 Å². The number of rotatable bonds is 7. The van der Waals surface area contributed by atoms with Crippen molar-refractivity contribution in [3.8, 4) is 0 Å². The van der Waals surface area contributed by atoms with Crippen molar-refractivity contribution in [2.45, 2.75) is 50.4 Å². The fourth-order valence-electron chi connectivity index (χ4n) is 6.82. The fraction of sp³-hybridized carbons (Fsp3) is 0.419. The summed E-state index contributed by atoms with van der Waals surface area (Å²) in [7, 11) is 0. The maximum atomic E-state index is 13.4. The summed E-state index contributed by atoms with van der Waals surface area (Å²) in [6.45, 7) is 3.56. The summed E-state index contributed by atoms with van der Waals surface area (Å²) in [4.78, 5) is 47.3. The molecule has 3 atom stereocenters. The van der Waals surface area contributed by atoms with Crippen LogP contribution >= 0.6 is 0 Å². The number of morpholine rings is 2. The first-order valence-corrected chi connectivity index (χ1v) is 14.6. The highest BCUT2D eigenvalue weighted by molar-refractivity contribution is 6.39. The molecule has 1 amide bonds. The number of aliphatic imine (C=N–C) groups is 1. The predicted octanol–water partition coefficient (Wildman–Crippen LogP) is 3.79. The number of carboxylic acids is 1. The highest BCUT2D eigenvalue weighted by atomic mass is 16.5. The largest absolute Gasteiger partial charge is 0.477 e. The van der Waals surface area contributed by atoms with Gasteiger partial charge in [0.1, 0.15) is 17.2 Å². The number of carbonyl (C=O) groups excluding carboxylic acids is 1. The van der Waals surface area contributed by atoms with Crippen LogP contribution in [0.1, 0.15) is 53.2 Å². The van der Waals surface area contributed by atoms with E-state index in [-0.39, 0.29) is 35.7 Å². The molecule has 2 bridgehead atoms. The predicted molar refractivity (Wildman–Crippen MR) is 155 cm³/mol. The Hall–Kier alpha value is -4.22. The van der Waals surface area contributed by atoms with Gasteiger partial charge in [0.15, 0.2) is 0 Å². The molecule has 42 heavy (non-hydrogen) atoms. The number of amides is 1. The maximum Gasteiger partial charge on any atom is 0.350 e. The molecule has 2 N–H and O–H groups in total. The first-order valence-electron chi connectivity index (χ1n) is 14.6. The van der Waals surface area contributed by atoms with Crippen LogP contribution in [0.5, 0.6) is 0 Å². The molecule has 1 saturated carbocycles. The first kappa shape index (κ1) is 26.7. The number of carbonyl (C=O) groups is 2. The van der Waals surface area contributed by atoms with E-state index in [2.05, 4.69) is 54.4 Å². The molecule has 2 saturated heterocycles. The Labute approximate surface area is 243 Å². The molecule has 1 aromatic carbocycles. The molecule has 3 unspecified atom stereocenters. The summed E-state index contributed by atoms with van der Waals surface area (Å²) in [5.41, 5.74) is 3.12. The molecule has 216 valence electrons. The Bertz CT molecular complexity index is 1490. The van der Waals surface area contributed by atoms with Gasteiger partial charge >= 0.3 is 5.97 Å². The van der Waals surface area contributed by atoms with E-state index in [1.807, 2.05) is 11.0 Å². The minimum absolute atomic E-state index is 0.0188. The van der Waals surface area contributed by atoms with Crippen LogP contribution in [0.4, 0.5) is 17.5 Å². The number of aromatic nitrogens is 3. The van der Waals surface area contributed by atoms with E-state index in [0.717, 1.165) is 45.3 Å². The Morgan fingerprint density at radius 3 is 2.40 bits per heavy atom. The van der Waals surface area contributed by atoms with Crippen LogP contribution in [0.15, 0.2) is 59.9 Å². The highest BCUT2D eigenvalue weighted by Gasteiger charge is 2.40. The Kier molecular flexibility index (Phi) is 7.12. The van der Waals surface area contributed by atoms with Gasteiger partial charge in [-0.25, -0.2) is 24.7 Å². The smallest absolute Gasteiger partial charge is 0.350 e. The molecule has 0 radical (unpaired) electrons. The Balaban J connectivity index is 0.992. The van der Waals surface area contributed by atoms with Gasteiger partial charge in [-0.15, -0.1) is 0 Å². The molecule has 0 spiro atoms. The second kappa shape index (κ2) is 11.2. The van der Waals surface area contributed by atoms with Gasteiger partial charge in [0.2, 0.25) is 5.95 Å². The minimum atomic E-state index is -1.00. The summed E-state index contributed by atoms with van der Waals surface area (Å²) >= 11 is 0. The second-order valence-corrected chi connectivity index (χ2v) is 11.6. The van der Waals surface area contributed by atoms with Crippen LogP contribution in [-0.2, 0) is 16.1 Å². The number of pyridine rings is 1. The zero-order valence-corrected chi connectivity index (χ0v) is 23.2. The van der Waals surface area contributed by atoms with Gasteiger partial charge in [0.05, 0.1) is 35.6 Å². The third kappa shape index (κ3) is 5.37. The van der Waals surface area contributed by atoms with Crippen molar-refractivity contribution in [1.29, 1.82) is 0 Å². The van der Waals surface area contributed by atoms with E-state index in [1.165, 1.54) is 5.56 Å². The van der Waals surface area contributed by atoms with E-state index >= 15 is 0 Å². The number of fused-ring (bicyclic) bond motifs is 3. The molecule has 3 aromatic rings. The lowest BCUT2D eigenvalue weighted by atomic mass is 9.85. The van der Waals surface area contributed by atoms with Gasteiger partial charge in [0, 0.05) is 38.9 Å². The van der Waals surface area contributed by atoms with Crippen molar-refractivity contribution in [3.05, 3.63) is 71.7 Å². The topological polar surface area (TPSA) is 133 Å². The lowest BCUT2D eigenvalue weighted by Gasteiger charge is -2.45. The number of ether oxygens (including phenoxy) is 1. The summed E-state index contributed by atoms with van der Waals surface area (Å²) in [5.74, 6) is -0.345. The van der Waals surface area contributed by atoms with Gasteiger partial charge in [-0.1, -0.05) is 43.2 Å².